The highest BCUT2D eigenvalue weighted by Crippen LogP contribution is 2.36. The third kappa shape index (κ3) is 20.7. The third-order valence-corrected chi connectivity index (χ3v) is 23.0. The van der Waals surface area contributed by atoms with Crippen LogP contribution in [0.1, 0.15) is 197 Å². The van der Waals surface area contributed by atoms with Gasteiger partial charge >= 0.3 is 6.09 Å². The van der Waals surface area contributed by atoms with Crippen LogP contribution in [0.25, 0.3) is 44.3 Å². The molecule has 4 atom stereocenters. The fourth-order valence-electron chi connectivity index (χ4n) is 16.6. The van der Waals surface area contributed by atoms with Crippen LogP contribution in [-0.4, -0.2) is 180 Å². The molecule has 0 aliphatic carbocycles. The molecule has 27 nitrogen and oxygen atoms in total. The number of hydrogen-bond acceptors (Lipinski definition) is 20. The molecule has 119 heavy (non-hydrogen) atoms. The number of hydrogen-bond donors (Lipinski definition) is 8. The van der Waals surface area contributed by atoms with Crippen molar-refractivity contribution < 1.29 is 43.0 Å². The molecule has 16 rings (SSSR count). The zero-order valence-corrected chi connectivity index (χ0v) is 69.2. The number of aldehydes is 1. The van der Waals surface area contributed by atoms with E-state index < -0.39 is 5.91 Å². The maximum Gasteiger partial charge on any atom is 0.410 e. The summed E-state index contributed by atoms with van der Waals surface area (Å²) in [5.41, 5.74) is 17.7. The van der Waals surface area contributed by atoms with Crippen LogP contribution in [0.15, 0.2) is 134 Å². The molecule has 4 bridgehead atoms. The SMILES string of the molecule is C.CC(C)(C)OC(=O)N1C[C@H]2C[C@@H]1CN2.CCc1nc2c(cnn2CC)c(NC2CCOCC2)c1CNC(=O)c1cccc(C(=O)NCc2ccc(C)c(-c3cccc(C=O)c3)c2)n1.CCc1nc2c(cnn2CC)c(NC2CCOCC2)c1CNC(=O)c1cccc(C(=O)NCc2ccc(C)c(-c3cccc(CN4C[C@@H]5C[C@H]4CN5)c3)c2)n1. The highest BCUT2D eigenvalue weighted by Gasteiger charge is 2.42. The summed E-state index contributed by atoms with van der Waals surface area (Å²) in [5, 5.41) is 37.5. The summed E-state index contributed by atoms with van der Waals surface area (Å²) in [6.07, 6.45) is 11.6. The first kappa shape index (κ1) is 85.5. The molecule has 6 aliphatic heterocycles. The second kappa shape index (κ2) is 39.0. The van der Waals surface area contributed by atoms with E-state index in [0.717, 1.165) is 160 Å². The summed E-state index contributed by atoms with van der Waals surface area (Å²) < 4.78 is 20.3. The maximum atomic E-state index is 13.6. The van der Waals surface area contributed by atoms with E-state index in [1.54, 1.807) is 42.5 Å². The minimum absolute atomic E-state index is 0. The molecule has 6 aromatic heterocycles. The molecule has 626 valence electrons. The molecule has 0 radical (unpaired) electrons. The highest BCUT2D eigenvalue weighted by molar-refractivity contribution is 5.99. The number of nitrogens with zero attached hydrogens (tertiary/aromatic N) is 10. The van der Waals surface area contributed by atoms with Gasteiger partial charge in [-0.3, -0.25) is 28.9 Å². The lowest BCUT2D eigenvalue weighted by Crippen LogP contribution is -2.48. The fraction of sp³-hybridized carbons (Fsp3) is 0.435. The van der Waals surface area contributed by atoms with Crippen molar-refractivity contribution in [3.05, 3.63) is 212 Å². The van der Waals surface area contributed by atoms with Crippen LogP contribution in [0.4, 0.5) is 16.2 Å². The average molecular weight is 1620 g/mol. The standard InChI is InChI=1S/C43H51N9O3.C38H41N7O4.C10H18N2O2.CH4/c1-4-37-35(40(48-31-14-16-55-17-15-31)36-24-47-52(5-2)41(36)50-37)23-46-43(54)39-11-7-10-38(49-39)42(53)45-21-28-13-12-27(3)34(19-28)30-9-6-8-29(18-30)25-51-26-32-20-33(51)22-44-32;1-4-32-30(35(42-28-14-16-49-17-15-28)31-22-41-45(5-2)36(31)44-32)21-40-38(48)34-11-7-10-33(43-34)37(47)39-20-25-13-12-24(3)29(19-25)27-9-6-8-26(18-27)23-46;1-10(2,3)14-9(13)12-6-7-4-8(12)5-11-7;/h6-13,18-19,24,31-33,44H,4-5,14-17,20-23,25-26H2,1-3H3,(H,45,53)(H,46,54)(H,48,50);6-13,18-19,22-23,28H,4-5,14-17,20-21H2,1-3H3,(H,39,47)(H,40,48)(H,42,44);7-8,11H,4-6H2,1-3H3;1H4/t32-,33-;;7-,8-;/m0.1./s1. The number of anilines is 2. The average Bonchev–Trinajstić information content (AvgIpc) is 1.66. The Bertz CT molecular complexity index is 5300. The monoisotopic (exact) mass is 1610 g/mol. The van der Waals surface area contributed by atoms with Crippen molar-refractivity contribution in [3.8, 4) is 22.3 Å². The van der Waals surface area contributed by atoms with Gasteiger partial charge in [0.25, 0.3) is 23.6 Å². The molecule has 8 N–H and O–H groups in total. The van der Waals surface area contributed by atoms with Crippen molar-refractivity contribution in [2.24, 2.45) is 0 Å². The normalized spacial score (nSPS) is 17.7. The Morgan fingerprint density at radius 3 is 1.39 bits per heavy atom. The smallest absolute Gasteiger partial charge is 0.410 e. The Hall–Kier alpha value is -11.4. The van der Waals surface area contributed by atoms with Crippen LogP contribution >= 0.6 is 0 Å². The molecule has 6 saturated heterocycles. The molecule has 10 aromatic rings. The van der Waals surface area contributed by atoms with Gasteiger partial charge in [-0.05, 0) is 198 Å². The van der Waals surface area contributed by atoms with Crippen LogP contribution in [-0.2, 0) is 72.9 Å². The Balaban J connectivity index is 0.000000176. The molecule has 27 heteroatoms. The second-order valence-corrected chi connectivity index (χ2v) is 32.3. The summed E-state index contributed by atoms with van der Waals surface area (Å²) in [6.45, 7) is 28.2. The molecule has 12 heterocycles. The maximum absolute atomic E-state index is 13.6. The van der Waals surface area contributed by atoms with Crippen LogP contribution in [0.3, 0.4) is 0 Å². The Morgan fingerprint density at radius 1 is 0.529 bits per heavy atom. The van der Waals surface area contributed by atoms with E-state index >= 15 is 0 Å². The summed E-state index contributed by atoms with van der Waals surface area (Å²) in [7, 11) is 0. The first-order chi connectivity index (χ1) is 57.2. The number of rotatable bonds is 25. The van der Waals surface area contributed by atoms with E-state index in [4.69, 9.17) is 24.2 Å². The van der Waals surface area contributed by atoms with Crippen molar-refractivity contribution in [2.45, 2.75) is 209 Å². The van der Waals surface area contributed by atoms with Gasteiger partial charge in [0.1, 0.15) is 34.7 Å². The topological polar surface area (TPSA) is 320 Å². The molecule has 5 amide bonds. The molecule has 0 spiro atoms. The number of benzene rings is 4. The minimum atomic E-state index is -0.390. The van der Waals surface area contributed by atoms with Gasteiger partial charge in [0.2, 0.25) is 0 Å². The number of piperazine rings is 2. The van der Waals surface area contributed by atoms with Gasteiger partial charge in [0.05, 0.1) is 34.5 Å². The summed E-state index contributed by atoms with van der Waals surface area (Å²) in [5.74, 6) is -1.48. The summed E-state index contributed by atoms with van der Waals surface area (Å²) in [4.78, 5) is 99.8. The predicted molar refractivity (Wildman–Crippen MR) is 462 cm³/mol. The number of aryl methyl sites for hydroxylation is 6. The zero-order valence-electron chi connectivity index (χ0n) is 69.2. The zero-order chi connectivity index (χ0) is 82.6. The Morgan fingerprint density at radius 2 is 0.975 bits per heavy atom. The lowest BCUT2D eigenvalue weighted by atomic mass is 9.96. The number of ether oxygens (including phenoxy) is 3. The quantitative estimate of drug-likeness (QED) is 0.0246. The van der Waals surface area contributed by atoms with E-state index in [1.165, 1.54) is 23.1 Å². The van der Waals surface area contributed by atoms with Crippen LogP contribution in [0, 0.1) is 13.8 Å². The lowest BCUT2D eigenvalue weighted by Gasteiger charge is -2.30. The van der Waals surface area contributed by atoms with Crippen molar-refractivity contribution in [1.29, 1.82) is 0 Å². The number of aromatic nitrogens is 8. The first-order valence-corrected chi connectivity index (χ1v) is 41.7. The number of likely N-dealkylation sites (tertiary alicyclic amines) is 2. The lowest BCUT2D eigenvalue weighted by molar-refractivity contribution is 0.0204. The van der Waals surface area contributed by atoms with Gasteiger partial charge in [-0.15, -0.1) is 0 Å². The van der Waals surface area contributed by atoms with E-state index in [0.29, 0.717) is 88.6 Å². The fourth-order valence-corrected chi connectivity index (χ4v) is 16.6. The van der Waals surface area contributed by atoms with Crippen molar-refractivity contribution in [1.82, 2.24) is 81.2 Å². The van der Waals surface area contributed by atoms with Gasteiger partial charge in [-0.1, -0.05) is 94.1 Å². The first-order valence-electron chi connectivity index (χ1n) is 41.7. The largest absolute Gasteiger partial charge is 0.444 e. The molecule has 4 aromatic carbocycles. The van der Waals surface area contributed by atoms with Gasteiger partial charge in [0.15, 0.2) is 11.3 Å². The van der Waals surface area contributed by atoms with Crippen molar-refractivity contribution >= 4 is 69.4 Å². The van der Waals surface area contributed by atoms with Crippen molar-refractivity contribution in [2.75, 3.05) is 63.2 Å². The number of amides is 5. The molecule has 0 saturated carbocycles. The second-order valence-electron chi connectivity index (χ2n) is 32.3. The highest BCUT2D eigenvalue weighted by atomic mass is 16.6. The number of pyridine rings is 4. The Kier molecular flexibility index (Phi) is 28.0. The number of fused-ring (bicyclic) bond motifs is 6. The molecule has 6 fully saturated rings. The van der Waals surface area contributed by atoms with E-state index in [9.17, 15) is 28.8 Å². The number of carbonyl (C=O) groups excluding carboxylic acids is 6. The molecular weight excluding hydrogens is 1500 g/mol. The predicted octanol–water partition coefficient (Wildman–Crippen LogP) is 12.6. The van der Waals surface area contributed by atoms with Crippen LogP contribution < -0.4 is 42.5 Å². The van der Waals surface area contributed by atoms with Gasteiger partial charge < -0.3 is 61.6 Å². The minimum Gasteiger partial charge on any atom is -0.444 e. The number of carbonyl (C=O) groups is 6. The van der Waals surface area contributed by atoms with Crippen LogP contribution in [0.5, 0.6) is 0 Å². The van der Waals surface area contributed by atoms with Gasteiger partial charge in [-0.2, -0.15) is 10.2 Å². The summed E-state index contributed by atoms with van der Waals surface area (Å²) in [6, 6.07) is 40.9. The van der Waals surface area contributed by atoms with Crippen LogP contribution in [0.2, 0.25) is 0 Å². The van der Waals surface area contributed by atoms with Gasteiger partial charge in [0, 0.05) is 163 Å². The third-order valence-electron chi connectivity index (χ3n) is 23.0. The molecule has 6 aliphatic rings. The number of nitrogens with one attached hydrogen (secondary N) is 8. The molecule has 0 unspecified atom stereocenters. The molecular formula is C92H114N18O9. The van der Waals surface area contributed by atoms with E-state index in [-0.39, 0.29) is 91.3 Å². The van der Waals surface area contributed by atoms with E-state index in [2.05, 4.69) is 132 Å². The van der Waals surface area contributed by atoms with E-state index in [1.807, 2.05) is 104 Å². The summed E-state index contributed by atoms with van der Waals surface area (Å²) >= 11 is 0. The van der Waals surface area contributed by atoms with Gasteiger partial charge in [-0.25, -0.2) is 34.1 Å². The van der Waals surface area contributed by atoms with Crippen molar-refractivity contribution in [3.63, 3.8) is 0 Å². The Labute approximate surface area is 696 Å².